The van der Waals surface area contributed by atoms with Gasteiger partial charge in [0.15, 0.2) is 0 Å². The van der Waals surface area contributed by atoms with E-state index in [2.05, 4.69) is 25.8 Å². The van der Waals surface area contributed by atoms with Crippen LogP contribution in [0.1, 0.15) is 27.2 Å². The molecule has 8 nitrogen and oxygen atoms in total. The number of anilines is 2. The van der Waals surface area contributed by atoms with Crippen molar-refractivity contribution in [3.63, 3.8) is 0 Å². The molecule has 4 N–H and O–H groups in total. The van der Waals surface area contributed by atoms with Crippen LogP contribution in [-0.4, -0.2) is 33.1 Å². The molecule has 0 radical (unpaired) electrons. The van der Waals surface area contributed by atoms with Crippen molar-refractivity contribution in [1.29, 1.82) is 0 Å². The second-order valence-corrected chi connectivity index (χ2v) is 6.57. The van der Waals surface area contributed by atoms with E-state index in [-0.39, 0.29) is 12.4 Å². The van der Waals surface area contributed by atoms with E-state index in [0.29, 0.717) is 22.6 Å². The number of carbonyl (C=O) groups excluding carboxylic acids is 1. The minimum atomic E-state index is -0.895. The third-order valence-corrected chi connectivity index (χ3v) is 4.04. The number of carboxylic acid groups (broad SMARTS) is 1. The highest BCUT2D eigenvalue weighted by atomic mass is 16.4. The topological polar surface area (TPSA) is 119 Å². The lowest BCUT2D eigenvalue weighted by Gasteiger charge is -2.11. The van der Waals surface area contributed by atoms with Crippen LogP contribution >= 0.6 is 0 Å². The number of nitrogens with zero attached hydrogens (tertiary/aromatic N) is 2. The highest BCUT2D eigenvalue weighted by molar-refractivity contribution is 6.11. The van der Waals surface area contributed by atoms with Gasteiger partial charge in [-0.2, -0.15) is 10.1 Å². The normalized spacial score (nSPS) is 11.2. The van der Waals surface area contributed by atoms with Crippen molar-refractivity contribution in [3.8, 4) is 0 Å². The number of aliphatic carboxylic acids is 1. The fraction of sp³-hybridized carbons (Fsp3) is 0.143. The number of hydrogen-bond donors (Lipinski definition) is 4. The molecule has 0 unspecified atom stereocenters. The van der Waals surface area contributed by atoms with Crippen molar-refractivity contribution in [2.45, 2.75) is 20.3 Å². The van der Waals surface area contributed by atoms with Crippen LogP contribution in [0.4, 0.5) is 11.5 Å². The van der Waals surface area contributed by atoms with E-state index >= 15 is 0 Å². The fourth-order valence-corrected chi connectivity index (χ4v) is 2.58. The Kier molecular flexibility index (Phi) is 6.03. The monoisotopic (exact) mass is 391 g/mol. The molecule has 0 atom stereocenters. The highest BCUT2D eigenvalue weighted by Crippen LogP contribution is 2.13. The average molecular weight is 391 g/mol. The molecule has 1 heterocycles. The Balaban J connectivity index is 1.83. The zero-order valence-corrected chi connectivity index (χ0v) is 16.1. The molecule has 0 aliphatic carbocycles. The van der Waals surface area contributed by atoms with Gasteiger partial charge < -0.3 is 15.7 Å². The Morgan fingerprint density at radius 2 is 1.72 bits per heavy atom. The van der Waals surface area contributed by atoms with Gasteiger partial charge in [0, 0.05) is 17.3 Å². The Labute approximate surface area is 167 Å². The second-order valence-electron chi connectivity index (χ2n) is 6.57. The van der Waals surface area contributed by atoms with Crippen LogP contribution < -0.4 is 10.6 Å². The number of carbonyl (C=O) groups is 2. The molecular weight excluding hydrogens is 370 g/mol. The molecule has 0 fully saturated rings. The zero-order valence-electron chi connectivity index (χ0n) is 16.1. The quantitative estimate of drug-likeness (QED) is 0.391. The minimum Gasteiger partial charge on any atom is -0.481 e. The van der Waals surface area contributed by atoms with Gasteiger partial charge in [-0.15, -0.1) is 0 Å². The lowest BCUT2D eigenvalue weighted by atomic mass is 10.1. The average Bonchev–Trinajstić information content (AvgIpc) is 3.08. The van der Waals surface area contributed by atoms with E-state index in [9.17, 15) is 9.59 Å². The largest absolute Gasteiger partial charge is 0.481 e. The Morgan fingerprint density at radius 3 is 2.31 bits per heavy atom. The summed E-state index contributed by atoms with van der Waals surface area (Å²) in [4.78, 5) is 27.6. The predicted molar refractivity (Wildman–Crippen MR) is 111 cm³/mol. The maximum atomic E-state index is 12.6. The SMILES string of the molecule is Cc1ccc(C(=O)/N=C(/Nc2ccc(CC(=O)O)cc2)Nc2cc(C)n[nH]2)cc1. The summed E-state index contributed by atoms with van der Waals surface area (Å²) in [6, 6.07) is 15.8. The number of aromatic amines is 1. The number of amides is 1. The summed E-state index contributed by atoms with van der Waals surface area (Å²) in [6.45, 7) is 3.78. The molecular formula is C21H21N5O3. The molecule has 0 spiro atoms. The summed E-state index contributed by atoms with van der Waals surface area (Å²) in [5.74, 6) is -0.509. The summed E-state index contributed by atoms with van der Waals surface area (Å²) < 4.78 is 0. The Bertz CT molecular complexity index is 1040. The summed E-state index contributed by atoms with van der Waals surface area (Å²) in [5, 5.41) is 21.8. The van der Waals surface area contributed by atoms with E-state index < -0.39 is 11.9 Å². The molecule has 148 valence electrons. The van der Waals surface area contributed by atoms with Gasteiger partial charge in [-0.3, -0.25) is 14.7 Å². The van der Waals surface area contributed by atoms with Crippen LogP contribution in [-0.2, 0) is 11.2 Å². The van der Waals surface area contributed by atoms with Crippen molar-refractivity contribution in [3.05, 3.63) is 77.0 Å². The molecule has 0 bridgehead atoms. The van der Waals surface area contributed by atoms with Crippen molar-refractivity contribution < 1.29 is 14.7 Å². The molecule has 0 aliphatic rings. The van der Waals surface area contributed by atoms with Crippen molar-refractivity contribution >= 4 is 29.3 Å². The number of H-pyrrole nitrogens is 1. The number of hydrogen-bond acceptors (Lipinski definition) is 3. The van der Waals surface area contributed by atoms with Crippen LogP contribution in [0.5, 0.6) is 0 Å². The molecule has 0 aliphatic heterocycles. The fourth-order valence-electron chi connectivity index (χ4n) is 2.58. The maximum absolute atomic E-state index is 12.6. The standard InChI is InChI=1S/C21H21N5O3/c1-13-3-7-16(8-4-13)20(29)24-21(23-18-11-14(2)25-26-18)22-17-9-5-15(6-10-17)12-19(27)28/h3-11H,12H2,1-2H3,(H,27,28)(H3,22,23,24,25,26,29). The first-order valence-corrected chi connectivity index (χ1v) is 8.95. The molecule has 3 rings (SSSR count). The summed E-state index contributed by atoms with van der Waals surface area (Å²) in [7, 11) is 0. The first-order valence-electron chi connectivity index (χ1n) is 8.95. The first kappa shape index (κ1) is 19.8. The summed E-state index contributed by atoms with van der Waals surface area (Å²) >= 11 is 0. The van der Waals surface area contributed by atoms with Gasteiger partial charge in [-0.05, 0) is 43.7 Å². The molecule has 0 saturated heterocycles. The van der Waals surface area contributed by atoms with E-state index in [1.165, 1.54) is 0 Å². The van der Waals surface area contributed by atoms with Crippen molar-refractivity contribution in [2.75, 3.05) is 10.6 Å². The van der Waals surface area contributed by atoms with Gasteiger partial charge in [-0.1, -0.05) is 29.8 Å². The van der Waals surface area contributed by atoms with Gasteiger partial charge in [0.2, 0.25) is 5.96 Å². The van der Waals surface area contributed by atoms with E-state index in [1.54, 1.807) is 42.5 Å². The molecule has 29 heavy (non-hydrogen) atoms. The van der Waals surface area contributed by atoms with Crippen molar-refractivity contribution in [1.82, 2.24) is 10.2 Å². The van der Waals surface area contributed by atoms with Crippen LogP contribution in [0.2, 0.25) is 0 Å². The molecule has 2 aromatic carbocycles. The lowest BCUT2D eigenvalue weighted by molar-refractivity contribution is -0.136. The molecule has 0 saturated carbocycles. The van der Waals surface area contributed by atoms with Gasteiger partial charge in [0.25, 0.3) is 5.91 Å². The van der Waals surface area contributed by atoms with E-state index in [4.69, 9.17) is 5.11 Å². The number of carboxylic acids is 1. The lowest BCUT2D eigenvalue weighted by Crippen LogP contribution is -2.24. The maximum Gasteiger partial charge on any atom is 0.307 e. The number of benzene rings is 2. The summed E-state index contributed by atoms with van der Waals surface area (Å²) in [5.41, 5.74) is 3.63. The van der Waals surface area contributed by atoms with Crippen LogP contribution in [0.15, 0.2) is 59.6 Å². The van der Waals surface area contributed by atoms with Crippen molar-refractivity contribution in [2.24, 2.45) is 4.99 Å². The van der Waals surface area contributed by atoms with Crippen LogP contribution in [0.25, 0.3) is 0 Å². The molecule has 1 amide bonds. The highest BCUT2D eigenvalue weighted by Gasteiger charge is 2.10. The predicted octanol–water partition coefficient (Wildman–Crippen LogP) is 3.37. The third kappa shape index (κ3) is 5.77. The smallest absolute Gasteiger partial charge is 0.307 e. The zero-order chi connectivity index (χ0) is 20.8. The number of aromatic nitrogens is 2. The minimum absolute atomic E-state index is 0.0567. The first-order chi connectivity index (χ1) is 13.9. The van der Waals surface area contributed by atoms with Gasteiger partial charge >= 0.3 is 5.97 Å². The van der Waals surface area contributed by atoms with Crippen LogP contribution in [0.3, 0.4) is 0 Å². The Hall–Kier alpha value is -3.94. The number of guanidine groups is 1. The molecule has 3 aromatic rings. The van der Waals surface area contributed by atoms with E-state index in [0.717, 1.165) is 11.3 Å². The van der Waals surface area contributed by atoms with Gasteiger partial charge in [0.05, 0.1) is 12.1 Å². The third-order valence-electron chi connectivity index (χ3n) is 4.04. The Morgan fingerprint density at radius 1 is 1.03 bits per heavy atom. The van der Waals surface area contributed by atoms with Gasteiger partial charge in [-0.25, -0.2) is 0 Å². The summed E-state index contributed by atoms with van der Waals surface area (Å²) in [6.07, 6.45) is -0.0567. The second kappa shape index (κ2) is 8.83. The molecule has 1 aromatic heterocycles. The number of rotatable bonds is 5. The number of aryl methyl sites for hydroxylation is 2. The van der Waals surface area contributed by atoms with Gasteiger partial charge in [0.1, 0.15) is 5.82 Å². The number of nitrogens with one attached hydrogen (secondary N) is 3. The molecule has 8 heteroatoms. The van der Waals surface area contributed by atoms with Crippen LogP contribution in [0, 0.1) is 13.8 Å². The van der Waals surface area contributed by atoms with E-state index in [1.807, 2.05) is 26.0 Å². The number of aliphatic imine (C=N–C) groups is 1.